The van der Waals surface area contributed by atoms with Crippen LogP contribution in [0, 0.1) is 17.7 Å². The number of halogens is 1. The van der Waals surface area contributed by atoms with Gasteiger partial charge in [0.2, 0.25) is 3.83 Å². The Morgan fingerprint density at radius 1 is 1.33 bits per heavy atom. The van der Waals surface area contributed by atoms with Crippen LogP contribution in [0.25, 0.3) is 5.65 Å². The van der Waals surface area contributed by atoms with Gasteiger partial charge in [0.1, 0.15) is 0 Å². The lowest BCUT2D eigenvalue weighted by Crippen LogP contribution is -1.95. The minimum absolute atomic E-state index is 0.753. The predicted octanol–water partition coefficient (Wildman–Crippen LogP) is 1.35. The molecule has 2 heterocycles. The maximum atomic E-state index is 4.29. The molecule has 5 heteroatoms. The molecule has 12 heavy (non-hydrogen) atoms. The highest BCUT2D eigenvalue weighted by atomic mass is 127. The van der Waals surface area contributed by atoms with Crippen LogP contribution < -0.4 is 0 Å². The number of fused-ring (bicyclic) bond motifs is 1. The molecule has 4 nitrogen and oxygen atoms in total. The summed E-state index contributed by atoms with van der Waals surface area (Å²) >= 11 is 2.09. The molecule has 0 spiro atoms. The van der Waals surface area contributed by atoms with E-state index in [0.29, 0.717) is 0 Å². The number of aromatic nitrogens is 4. The zero-order valence-electron chi connectivity index (χ0n) is 6.74. The fourth-order valence-corrected chi connectivity index (χ4v) is 1.62. The summed E-state index contributed by atoms with van der Waals surface area (Å²) in [7, 11) is 0. The van der Waals surface area contributed by atoms with Crippen molar-refractivity contribution in [3.8, 4) is 0 Å². The van der Waals surface area contributed by atoms with Crippen LogP contribution in [-0.4, -0.2) is 19.6 Å². The second kappa shape index (κ2) is 2.65. The zero-order valence-corrected chi connectivity index (χ0v) is 8.90. The van der Waals surface area contributed by atoms with Crippen molar-refractivity contribution in [2.24, 2.45) is 0 Å². The molecular formula is C7H7IN4. The van der Waals surface area contributed by atoms with Crippen molar-refractivity contribution in [3.63, 3.8) is 0 Å². The van der Waals surface area contributed by atoms with Gasteiger partial charge in [-0.25, -0.2) is 9.50 Å². The maximum Gasteiger partial charge on any atom is 0.212 e. The Morgan fingerprint density at radius 2 is 2.08 bits per heavy atom. The average Bonchev–Trinajstić information content (AvgIpc) is 2.29. The third-order valence-corrected chi connectivity index (χ3v) is 2.04. The van der Waals surface area contributed by atoms with E-state index in [1.165, 1.54) is 0 Å². The molecule has 0 radical (unpaired) electrons. The Hall–Kier alpha value is -0.720. The van der Waals surface area contributed by atoms with Crippen molar-refractivity contribution < 1.29 is 0 Å². The molecule has 0 unspecified atom stereocenters. The number of aryl methyl sites for hydroxylation is 2. The van der Waals surface area contributed by atoms with Gasteiger partial charge in [0.25, 0.3) is 0 Å². The first-order valence-electron chi connectivity index (χ1n) is 3.53. The van der Waals surface area contributed by atoms with Crippen LogP contribution in [0.15, 0.2) is 6.20 Å². The Morgan fingerprint density at radius 3 is 2.83 bits per heavy atom. The van der Waals surface area contributed by atoms with Crippen LogP contribution in [-0.2, 0) is 0 Å². The summed E-state index contributed by atoms with van der Waals surface area (Å²) in [4.78, 5) is 8.52. The summed E-state index contributed by atoms with van der Waals surface area (Å²) in [5.74, 6) is 0. The third-order valence-electron chi connectivity index (χ3n) is 1.58. The summed E-state index contributed by atoms with van der Waals surface area (Å²) < 4.78 is 2.52. The largest absolute Gasteiger partial charge is 0.253 e. The summed E-state index contributed by atoms with van der Waals surface area (Å²) in [5, 5.41) is 4.19. The SMILES string of the molecule is Cc1cn2nc(I)nc2c(C)n1. The van der Waals surface area contributed by atoms with Gasteiger partial charge in [-0.15, -0.1) is 5.10 Å². The molecular weight excluding hydrogens is 267 g/mol. The van der Waals surface area contributed by atoms with Gasteiger partial charge < -0.3 is 0 Å². The molecule has 2 aromatic heterocycles. The predicted molar refractivity (Wildman–Crippen MR) is 53.0 cm³/mol. The molecule has 0 amide bonds. The molecule has 0 saturated heterocycles. The van der Waals surface area contributed by atoms with Crippen LogP contribution in [0.4, 0.5) is 0 Å². The first-order valence-corrected chi connectivity index (χ1v) is 4.61. The molecule has 0 fully saturated rings. The van der Waals surface area contributed by atoms with Gasteiger partial charge in [-0.3, -0.25) is 4.98 Å². The normalized spacial score (nSPS) is 10.9. The fraction of sp³-hybridized carbons (Fsp3) is 0.286. The summed E-state index contributed by atoms with van der Waals surface area (Å²) in [6.07, 6.45) is 1.87. The zero-order chi connectivity index (χ0) is 8.72. The molecule has 0 aliphatic heterocycles. The molecule has 2 aromatic rings. The first-order chi connectivity index (χ1) is 5.66. The second-order valence-electron chi connectivity index (χ2n) is 2.62. The number of rotatable bonds is 0. The van der Waals surface area contributed by atoms with E-state index >= 15 is 0 Å². The topological polar surface area (TPSA) is 43.1 Å². The van der Waals surface area contributed by atoms with Crippen molar-refractivity contribution in [1.29, 1.82) is 0 Å². The lowest BCUT2D eigenvalue weighted by molar-refractivity contribution is 0.904. The monoisotopic (exact) mass is 274 g/mol. The minimum Gasteiger partial charge on any atom is -0.253 e. The highest BCUT2D eigenvalue weighted by Gasteiger charge is 2.04. The summed E-state index contributed by atoms with van der Waals surface area (Å²) in [6.45, 7) is 3.88. The van der Waals surface area contributed by atoms with Gasteiger partial charge in [0.05, 0.1) is 17.6 Å². The quantitative estimate of drug-likeness (QED) is 0.681. The van der Waals surface area contributed by atoms with Crippen molar-refractivity contribution in [1.82, 2.24) is 19.6 Å². The lowest BCUT2D eigenvalue weighted by Gasteiger charge is -1.96. The smallest absolute Gasteiger partial charge is 0.212 e. The Balaban J connectivity index is 2.88. The highest BCUT2D eigenvalue weighted by molar-refractivity contribution is 14.1. The third kappa shape index (κ3) is 1.17. The first kappa shape index (κ1) is 7.90. The number of hydrogen-bond donors (Lipinski definition) is 0. The number of nitrogens with zero attached hydrogens (tertiary/aromatic N) is 4. The van der Waals surface area contributed by atoms with Gasteiger partial charge in [0.15, 0.2) is 5.65 Å². The van der Waals surface area contributed by atoms with E-state index < -0.39 is 0 Å². The average molecular weight is 274 g/mol. The molecule has 62 valence electrons. The molecule has 0 saturated carbocycles. The molecule has 0 N–H and O–H groups in total. The van der Waals surface area contributed by atoms with Crippen molar-refractivity contribution in [2.45, 2.75) is 13.8 Å². The maximum absolute atomic E-state index is 4.29. The van der Waals surface area contributed by atoms with Gasteiger partial charge in [-0.2, -0.15) is 0 Å². The summed E-state index contributed by atoms with van der Waals surface area (Å²) in [6, 6.07) is 0. The van der Waals surface area contributed by atoms with Crippen molar-refractivity contribution >= 4 is 28.2 Å². The van der Waals surface area contributed by atoms with Crippen LogP contribution in [0.1, 0.15) is 11.4 Å². The van der Waals surface area contributed by atoms with E-state index in [2.05, 4.69) is 37.7 Å². The van der Waals surface area contributed by atoms with E-state index in [1.807, 2.05) is 20.0 Å². The van der Waals surface area contributed by atoms with Gasteiger partial charge in [0, 0.05) is 22.6 Å². The van der Waals surface area contributed by atoms with Crippen LogP contribution in [0.3, 0.4) is 0 Å². The van der Waals surface area contributed by atoms with Crippen LogP contribution in [0.5, 0.6) is 0 Å². The van der Waals surface area contributed by atoms with Gasteiger partial charge in [-0.05, 0) is 13.8 Å². The Labute approximate surface area is 83.2 Å². The van der Waals surface area contributed by atoms with E-state index in [-0.39, 0.29) is 0 Å². The Bertz CT molecular complexity index is 434. The van der Waals surface area contributed by atoms with Crippen LogP contribution in [0.2, 0.25) is 0 Å². The van der Waals surface area contributed by atoms with Crippen molar-refractivity contribution in [3.05, 3.63) is 21.4 Å². The van der Waals surface area contributed by atoms with E-state index in [0.717, 1.165) is 20.9 Å². The molecule has 2 rings (SSSR count). The lowest BCUT2D eigenvalue weighted by atomic mass is 10.4. The summed E-state index contributed by atoms with van der Waals surface area (Å²) in [5.41, 5.74) is 2.72. The Kier molecular flexibility index (Phi) is 1.75. The van der Waals surface area contributed by atoms with Crippen molar-refractivity contribution in [2.75, 3.05) is 0 Å². The standard InChI is InChI=1S/C7H7IN4/c1-4-3-12-6(5(2)9-4)10-7(8)11-12/h3H,1-2H3. The van der Waals surface area contributed by atoms with Crippen LogP contribution >= 0.6 is 22.6 Å². The number of hydrogen-bond acceptors (Lipinski definition) is 3. The van der Waals surface area contributed by atoms with Gasteiger partial charge >= 0.3 is 0 Å². The molecule has 0 aliphatic carbocycles. The highest BCUT2D eigenvalue weighted by Crippen LogP contribution is 2.07. The molecule has 0 bridgehead atoms. The minimum atomic E-state index is 0.753. The van der Waals surface area contributed by atoms with E-state index in [4.69, 9.17) is 0 Å². The van der Waals surface area contributed by atoms with E-state index in [1.54, 1.807) is 4.52 Å². The fourth-order valence-electron chi connectivity index (χ4n) is 1.15. The second-order valence-corrected chi connectivity index (χ2v) is 3.58. The molecule has 0 atom stereocenters. The molecule has 0 aromatic carbocycles. The van der Waals surface area contributed by atoms with E-state index in [9.17, 15) is 0 Å². The van der Waals surface area contributed by atoms with Gasteiger partial charge in [-0.1, -0.05) is 0 Å². The molecule has 0 aliphatic rings.